The Morgan fingerprint density at radius 3 is 2.10 bits per heavy atom. The van der Waals surface area contributed by atoms with Gasteiger partial charge in [0.2, 0.25) is 0 Å². The normalized spacial score (nSPS) is 10.3. The van der Waals surface area contributed by atoms with Crippen LogP contribution >= 0.6 is 35.0 Å². The first-order chi connectivity index (χ1) is 9.51. The molecule has 0 radical (unpaired) electrons. The van der Waals surface area contributed by atoms with Gasteiger partial charge in [-0.05, 0) is 36.4 Å². The van der Waals surface area contributed by atoms with Crippen LogP contribution in [-0.4, -0.2) is 12.0 Å². The minimum atomic E-state index is -0.591. The maximum atomic E-state index is 10.8. The number of nitro benzene ring substituents is 1. The molecule has 2 aromatic carbocycles. The molecule has 0 aliphatic heterocycles. The lowest BCUT2D eigenvalue weighted by molar-refractivity contribution is -0.384. The lowest BCUT2D eigenvalue weighted by atomic mass is 10.3. The first kappa shape index (κ1) is 15.0. The molecule has 0 saturated heterocycles. The average molecular weight is 330 g/mol. The SMILES string of the molecule is COc1ccc(Sc2cc(Cl)c([N+](=O)[O-])c(Cl)c2)cc1. The van der Waals surface area contributed by atoms with Gasteiger partial charge in [0.1, 0.15) is 15.8 Å². The molecule has 104 valence electrons. The number of rotatable bonds is 4. The van der Waals surface area contributed by atoms with Crippen molar-refractivity contribution >= 4 is 40.7 Å². The van der Waals surface area contributed by atoms with Crippen molar-refractivity contribution in [1.82, 2.24) is 0 Å². The Morgan fingerprint density at radius 2 is 1.65 bits per heavy atom. The van der Waals surface area contributed by atoms with Gasteiger partial charge in [0.05, 0.1) is 12.0 Å². The molecule has 0 atom stereocenters. The number of ether oxygens (including phenoxy) is 1. The van der Waals surface area contributed by atoms with Crippen molar-refractivity contribution in [3.05, 3.63) is 56.6 Å². The fourth-order valence-corrected chi connectivity index (χ4v) is 3.21. The monoisotopic (exact) mass is 329 g/mol. The van der Waals surface area contributed by atoms with Crippen molar-refractivity contribution in [1.29, 1.82) is 0 Å². The number of halogens is 2. The molecule has 2 aromatic rings. The van der Waals surface area contributed by atoms with Crippen molar-refractivity contribution in [3.8, 4) is 5.75 Å². The smallest absolute Gasteiger partial charge is 0.306 e. The summed E-state index contributed by atoms with van der Waals surface area (Å²) in [5.41, 5.74) is -0.271. The quantitative estimate of drug-likeness (QED) is 0.581. The van der Waals surface area contributed by atoms with E-state index in [0.29, 0.717) is 0 Å². The Kier molecular flexibility index (Phi) is 4.75. The summed E-state index contributed by atoms with van der Waals surface area (Å²) in [6.07, 6.45) is 0. The van der Waals surface area contributed by atoms with Gasteiger partial charge in [0.25, 0.3) is 0 Å². The van der Waals surface area contributed by atoms with Gasteiger partial charge >= 0.3 is 5.69 Å². The lowest BCUT2D eigenvalue weighted by Gasteiger charge is -2.05. The van der Waals surface area contributed by atoms with E-state index in [1.807, 2.05) is 24.3 Å². The molecule has 0 aliphatic carbocycles. The standard InChI is InChI=1S/C13H9Cl2NO3S/c1-19-8-2-4-9(5-3-8)20-10-6-11(14)13(16(17)18)12(15)7-10/h2-7H,1H3. The van der Waals surface area contributed by atoms with Gasteiger partial charge in [0, 0.05) is 9.79 Å². The van der Waals surface area contributed by atoms with E-state index in [2.05, 4.69) is 0 Å². The van der Waals surface area contributed by atoms with Gasteiger partial charge < -0.3 is 4.74 Å². The molecule has 0 fully saturated rings. The summed E-state index contributed by atoms with van der Waals surface area (Å²) < 4.78 is 5.07. The molecular weight excluding hydrogens is 321 g/mol. The van der Waals surface area contributed by atoms with Gasteiger partial charge in [-0.25, -0.2) is 0 Å². The fourth-order valence-electron chi connectivity index (χ4n) is 1.56. The zero-order valence-electron chi connectivity index (χ0n) is 10.3. The number of methoxy groups -OCH3 is 1. The van der Waals surface area contributed by atoms with E-state index in [1.54, 1.807) is 7.11 Å². The molecule has 0 aliphatic rings. The van der Waals surface area contributed by atoms with Crippen LogP contribution in [0.2, 0.25) is 10.0 Å². The number of nitro groups is 1. The molecule has 7 heteroatoms. The summed E-state index contributed by atoms with van der Waals surface area (Å²) in [5, 5.41) is 10.9. The second-order valence-corrected chi connectivity index (χ2v) is 5.73. The topological polar surface area (TPSA) is 52.4 Å². The van der Waals surface area contributed by atoms with Crippen LogP contribution in [0.1, 0.15) is 0 Å². The Bertz CT molecular complexity index is 624. The van der Waals surface area contributed by atoms with E-state index in [4.69, 9.17) is 27.9 Å². The first-order valence-corrected chi connectivity index (χ1v) is 7.04. The predicted molar refractivity (Wildman–Crippen MR) is 80.2 cm³/mol. The Morgan fingerprint density at radius 1 is 1.10 bits per heavy atom. The van der Waals surface area contributed by atoms with Crippen molar-refractivity contribution < 1.29 is 9.66 Å². The number of benzene rings is 2. The van der Waals surface area contributed by atoms with E-state index in [9.17, 15) is 10.1 Å². The highest BCUT2D eigenvalue weighted by Gasteiger charge is 2.19. The van der Waals surface area contributed by atoms with E-state index in [0.717, 1.165) is 15.5 Å². The van der Waals surface area contributed by atoms with Crippen LogP contribution in [0.25, 0.3) is 0 Å². The lowest BCUT2D eigenvalue weighted by Crippen LogP contribution is -1.91. The third-order valence-electron chi connectivity index (χ3n) is 2.47. The van der Waals surface area contributed by atoms with Crippen LogP contribution in [0.15, 0.2) is 46.2 Å². The highest BCUT2D eigenvalue weighted by atomic mass is 35.5. The number of hydrogen-bond donors (Lipinski definition) is 0. The zero-order chi connectivity index (χ0) is 14.7. The van der Waals surface area contributed by atoms with Crippen LogP contribution in [0.4, 0.5) is 5.69 Å². The van der Waals surface area contributed by atoms with Crippen molar-refractivity contribution in [3.63, 3.8) is 0 Å². The van der Waals surface area contributed by atoms with Gasteiger partial charge in [-0.3, -0.25) is 10.1 Å². The number of hydrogen-bond acceptors (Lipinski definition) is 4. The largest absolute Gasteiger partial charge is 0.497 e. The Labute approximate surface area is 129 Å². The summed E-state index contributed by atoms with van der Waals surface area (Å²) in [4.78, 5) is 11.9. The van der Waals surface area contributed by atoms with Crippen LogP contribution in [0.5, 0.6) is 5.75 Å². The molecule has 0 heterocycles. The van der Waals surface area contributed by atoms with Crippen molar-refractivity contribution in [2.24, 2.45) is 0 Å². The van der Waals surface area contributed by atoms with E-state index < -0.39 is 4.92 Å². The Hall–Kier alpha value is -1.43. The summed E-state index contributed by atoms with van der Waals surface area (Å²) in [7, 11) is 1.60. The molecule has 20 heavy (non-hydrogen) atoms. The van der Waals surface area contributed by atoms with E-state index in [1.165, 1.54) is 23.9 Å². The summed E-state index contributed by atoms with van der Waals surface area (Å²) in [5.74, 6) is 0.758. The third-order valence-corrected chi connectivity index (χ3v) is 4.02. The molecule has 0 amide bonds. The number of nitrogens with zero attached hydrogens (tertiary/aromatic N) is 1. The third kappa shape index (κ3) is 3.36. The maximum absolute atomic E-state index is 10.8. The van der Waals surface area contributed by atoms with Crippen LogP contribution in [0.3, 0.4) is 0 Å². The second-order valence-electron chi connectivity index (χ2n) is 3.77. The molecular formula is C13H9Cl2NO3S. The van der Waals surface area contributed by atoms with Gasteiger partial charge in [-0.15, -0.1) is 0 Å². The molecule has 4 nitrogen and oxygen atoms in total. The van der Waals surface area contributed by atoms with E-state index in [-0.39, 0.29) is 15.7 Å². The maximum Gasteiger partial charge on any atom is 0.306 e. The van der Waals surface area contributed by atoms with Crippen molar-refractivity contribution in [2.75, 3.05) is 7.11 Å². The predicted octanol–water partition coefficient (Wildman–Crippen LogP) is 5.06. The second kappa shape index (κ2) is 6.35. The van der Waals surface area contributed by atoms with Crippen LogP contribution < -0.4 is 4.74 Å². The minimum Gasteiger partial charge on any atom is -0.497 e. The molecule has 0 N–H and O–H groups in total. The first-order valence-electron chi connectivity index (χ1n) is 5.46. The van der Waals surface area contributed by atoms with Crippen LogP contribution in [-0.2, 0) is 0 Å². The molecule has 2 rings (SSSR count). The van der Waals surface area contributed by atoms with Gasteiger partial charge in [-0.2, -0.15) is 0 Å². The summed E-state index contributed by atoms with van der Waals surface area (Å²) >= 11 is 13.2. The highest BCUT2D eigenvalue weighted by Crippen LogP contribution is 2.39. The highest BCUT2D eigenvalue weighted by molar-refractivity contribution is 7.99. The molecule has 0 bridgehead atoms. The minimum absolute atomic E-state index is 0.0264. The van der Waals surface area contributed by atoms with E-state index >= 15 is 0 Å². The molecule has 0 aromatic heterocycles. The van der Waals surface area contributed by atoms with Gasteiger partial charge in [-0.1, -0.05) is 35.0 Å². The Balaban J connectivity index is 2.27. The summed E-state index contributed by atoms with van der Waals surface area (Å²) in [6.45, 7) is 0. The average Bonchev–Trinajstić information content (AvgIpc) is 2.38. The van der Waals surface area contributed by atoms with Crippen LogP contribution in [0, 0.1) is 10.1 Å². The van der Waals surface area contributed by atoms with Gasteiger partial charge in [0.15, 0.2) is 0 Å². The molecule has 0 spiro atoms. The summed E-state index contributed by atoms with van der Waals surface area (Å²) in [6, 6.07) is 10.5. The zero-order valence-corrected chi connectivity index (χ0v) is 12.6. The van der Waals surface area contributed by atoms with Crippen molar-refractivity contribution in [2.45, 2.75) is 9.79 Å². The molecule has 0 saturated carbocycles. The fraction of sp³-hybridized carbons (Fsp3) is 0.0769. The molecule has 0 unspecified atom stereocenters.